The normalized spacial score (nSPS) is 11.5. The summed E-state index contributed by atoms with van der Waals surface area (Å²) < 4.78 is 24.1. The average molecular weight is 263 g/mol. The summed E-state index contributed by atoms with van der Waals surface area (Å²) in [6.45, 7) is 0. The molecule has 13 heavy (non-hydrogen) atoms. The molecule has 0 aromatic heterocycles. The molecule has 0 saturated heterocycles. The van der Waals surface area contributed by atoms with Crippen molar-refractivity contribution in [2.75, 3.05) is 0 Å². The lowest BCUT2D eigenvalue weighted by atomic mass is 10.4. The molecule has 0 fully saturated rings. The third-order valence-corrected chi connectivity index (χ3v) is 1.48. The van der Waals surface area contributed by atoms with Crippen molar-refractivity contribution in [2.45, 2.75) is 0 Å². The number of benzene rings is 1. The van der Waals surface area contributed by atoms with E-state index in [1.165, 1.54) is 0 Å². The Kier molecular flexibility index (Phi) is 6.67. The van der Waals surface area contributed by atoms with E-state index in [0.29, 0.717) is 15.1 Å². The summed E-state index contributed by atoms with van der Waals surface area (Å²) in [6.07, 6.45) is 0. The van der Waals surface area contributed by atoms with E-state index in [2.05, 4.69) is 0 Å². The molecule has 1 rings (SSSR count). The average Bonchev–Trinajstić information content (AvgIpc) is 1.80. The van der Waals surface area contributed by atoms with E-state index >= 15 is 0 Å². The smallest absolute Gasteiger partial charge is 0.0814 e. The van der Waals surface area contributed by atoms with Gasteiger partial charge in [0, 0.05) is 15.1 Å². The fourth-order valence-electron chi connectivity index (χ4n) is 0.520. The summed E-state index contributed by atoms with van der Waals surface area (Å²) in [7, 11) is 0. The predicted octanol–water partition coefficient (Wildman–Crippen LogP) is 2.99. The van der Waals surface area contributed by atoms with E-state index in [9.17, 15) is 0 Å². The van der Waals surface area contributed by atoms with Gasteiger partial charge < -0.3 is 9.11 Å². The second-order valence-electron chi connectivity index (χ2n) is 1.80. The molecule has 0 spiro atoms. The van der Waals surface area contributed by atoms with Crippen molar-refractivity contribution in [1.29, 1.82) is 0 Å². The monoisotopic (exact) mass is 261 g/mol. The number of halogens is 3. The summed E-state index contributed by atoms with van der Waals surface area (Å²) in [4.78, 5) is 0. The first-order valence-corrected chi connectivity index (χ1v) is 4.98. The van der Waals surface area contributed by atoms with E-state index in [0.717, 1.165) is 0 Å². The van der Waals surface area contributed by atoms with E-state index < -0.39 is 11.4 Å². The molecule has 0 saturated carbocycles. The van der Waals surface area contributed by atoms with Crippen LogP contribution < -0.4 is 0 Å². The summed E-state index contributed by atoms with van der Waals surface area (Å²) in [5, 5.41) is 1.69. The fourth-order valence-corrected chi connectivity index (χ4v) is 1.39. The van der Waals surface area contributed by atoms with Crippen LogP contribution >= 0.6 is 34.8 Å². The van der Waals surface area contributed by atoms with Crippen molar-refractivity contribution < 1.29 is 13.3 Å². The molecule has 1 aromatic rings. The first kappa shape index (κ1) is 13.2. The third-order valence-electron chi connectivity index (χ3n) is 0.827. The Balaban J connectivity index is 0.000000310. The van der Waals surface area contributed by atoms with E-state index in [-0.39, 0.29) is 0 Å². The predicted molar refractivity (Wildman–Crippen MR) is 53.0 cm³/mol. The van der Waals surface area contributed by atoms with Gasteiger partial charge in [0.2, 0.25) is 0 Å². The van der Waals surface area contributed by atoms with Crippen molar-refractivity contribution in [3.8, 4) is 0 Å². The third kappa shape index (κ3) is 8.49. The first-order valence-electron chi connectivity index (χ1n) is 2.81. The Labute approximate surface area is 92.7 Å². The van der Waals surface area contributed by atoms with Gasteiger partial charge in [-0.15, -0.1) is 0 Å². The van der Waals surface area contributed by atoms with Gasteiger partial charge in [-0.3, -0.25) is 0 Å². The topological polar surface area (TPSA) is 60.4 Å². The van der Waals surface area contributed by atoms with Gasteiger partial charge in [0.15, 0.2) is 0 Å². The molecule has 0 radical (unpaired) electrons. The van der Waals surface area contributed by atoms with Crippen LogP contribution in [-0.2, 0) is 11.4 Å². The van der Waals surface area contributed by atoms with Crippen LogP contribution in [0.3, 0.4) is 0 Å². The molecule has 1 aromatic carbocycles. The van der Waals surface area contributed by atoms with Crippen molar-refractivity contribution in [3.05, 3.63) is 33.3 Å². The van der Waals surface area contributed by atoms with Crippen molar-refractivity contribution in [2.24, 2.45) is 0 Å². The van der Waals surface area contributed by atoms with Gasteiger partial charge in [0.25, 0.3) is 0 Å². The molecule has 0 aliphatic heterocycles. The lowest BCUT2D eigenvalue weighted by Gasteiger charge is -1.91. The SMILES string of the molecule is Clc1cc(Cl)cc(Cl)c1.O=S([O-])O. The molecule has 1 atom stereocenters. The minimum Gasteiger partial charge on any atom is -0.750 e. The molecule has 0 aliphatic carbocycles. The van der Waals surface area contributed by atoms with Crippen LogP contribution in [-0.4, -0.2) is 13.3 Å². The van der Waals surface area contributed by atoms with Crippen LogP contribution in [0.15, 0.2) is 18.2 Å². The molecular formula is C6H4Cl3O3S-. The second kappa shape index (κ2) is 6.59. The zero-order chi connectivity index (χ0) is 10.4. The van der Waals surface area contributed by atoms with Gasteiger partial charge in [0.1, 0.15) is 0 Å². The molecule has 1 unspecified atom stereocenters. The molecule has 1 N–H and O–H groups in total. The van der Waals surface area contributed by atoms with Gasteiger partial charge in [-0.05, 0) is 18.2 Å². The molecule has 0 heterocycles. The highest BCUT2D eigenvalue weighted by Gasteiger charge is 1.92. The van der Waals surface area contributed by atoms with Crippen LogP contribution in [0, 0.1) is 0 Å². The number of hydrogen-bond donors (Lipinski definition) is 1. The van der Waals surface area contributed by atoms with Crippen LogP contribution in [0.4, 0.5) is 0 Å². The standard InChI is InChI=1S/C6H3Cl3.H2O3S/c7-4-1-5(8)3-6(9)2-4;1-4(2)3/h1-3H;(H2,1,2,3)/p-1. The summed E-state index contributed by atoms with van der Waals surface area (Å²) in [5.74, 6) is 0. The zero-order valence-electron chi connectivity index (χ0n) is 6.04. The van der Waals surface area contributed by atoms with E-state index in [1.807, 2.05) is 0 Å². The maximum absolute atomic E-state index is 8.56. The number of hydrogen-bond acceptors (Lipinski definition) is 2. The molecule has 0 amide bonds. The quantitative estimate of drug-likeness (QED) is 0.731. The Morgan fingerprint density at radius 2 is 1.23 bits per heavy atom. The molecule has 0 aliphatic rings. The van der Waals surface area contributed by atoms with Crippen molar-refractivity contribution in [3.63, 3.8) is 0 Å². The lowest BCUT2D eigenvalue weighted by Crippen LogP contribution is -1.75. The summed E-state index contributed by atoms with van der Waals surface area (Å²) in [6, 6.07) is 4.90. The largest absolute Gasteiger partial charge is 0.750 e. The summed E-state index contributed by atoms with van der Waals surface area (Å²) >= 11 is 13.9. The maximum Gasteiger partial charge on any atom is 0.0814 e. The first-order chi connectivity index (χ1) is 5.91. The van der Waals surface area contributed by atoms with Crippen molar-refractivity contribution >= 4 is 46.2 Å². The number of rotatable bonds is 0. The summed E-state index contributed by atoms with van der Waals surface area (Å²) in [5.41, 5.74) is 0. The molecular weight excluding hydrogens is 258 g/mol. The molecule has 3 nitrogen and oxygen atoms in total. The Morgan fingerprint density at radius 3 is 1.38 bits per heavy atom. The molecule has 0 bridgehead atoms. The van der Waals surface area contributed by atoms with Crippen LogP contribution in [0.5, 0.6) is 0 Å². The Hall–Kier alpha value is 0.160. The maximum atomic E-state index is 8.56. The van der Waals surface area contributed by atoms with Gasteiger partial charge in [0.05, 0.1) is 11.4 Å². The van der Waals surface area contributed by atoms with Crippen LogP contribution in [0.2, 0.25) is 15.1 Å². The minimum absolute atomic E-state index is 0.563. The lowest BCUT2D eigenvalue weighted by molar-refractivity contribution is 0.436. The Bertz CT molecular complexity index is 251. The highest BCUT2D eigenvalue weighted by atomic mass is 35.5. The highest BCUT2D eigenvalue weighted by Crippen LogP contribution is 2.21. The van der Waals surface area contributed by atoms with Gasteiger partial charge in [-0.2, -0.15) is 0 Å². The second-order valence-corrected chi connectivity index (χ2v) is 3.55. The zero-order valence-corrected chi connectivity index (χ0v) is 9.12. The fraction of sp³-hybridized carbons (Fsp3) is 0. The van der Waals surface area contributed by atoms with E-state index in [4.69, 9.17) is 48.1 Å². The van der Waals surface area contributed by atoms with Gasteiger partial charge in [-0.1, -0.05) is 34.8 Å². The van der Waals surface area contributed by atoms with Gasteiger partial charge in [-0.25, -0.2) is 4.21 Å². The Morgan fingerprint density at radius 1 is 1.08 bits per heavy atom. The van der Waals surface area contributed by atoms with E-state index in [1.54, 1.807) is 18.2 Å². The highest BCUT2D eigenvalue weighted by molar-refractivity contribution is 7.73. The molecule has 74 valence electrons. The molecule has 7 heteroatoms. The van der Waals surface area contributed by atoms with Gasteiger partial charge >= 0.3 is 0 Å². The minimum atomic E-state index is -2.86. The van der Waals surface area contributed by atoms with Crippen molar-refractivity contribution in [1.82, 2.24) is 0 Å². The van der Waals surface area contributed by atoms with Crippen LogP contribution in [0.1, 0.15) is 0 Å². The van der Waals surface area contributed by atoms with Crippen LogP contribution in [0.25, 0.3) is 0 Å².